The molecule has 0 heterocycles. The molecule has 1 rings (SSSR count). The number of carbonyl (C=O) groups excluding carboxylic acids is 2. The van der Waals surface area contributed by atoms with Gasteiger partial charge in [-0.05, 0) is 45.4 Å². The van der Waals surface area contributed by atoms with Gasteiger partial charge in [0.25, 0.3) is 0 Å². The minimum Gasteiger partial charge on any atom is -0.492 e. The molecule has 0 fully saturated rings. The van der Waals surface area contributed by atoms with E-state index in [0.29, 0.717) is 11.3 Å². The lowest BCUT2D eigenvalue weighted by Crippen LogP contribution is -2.31. The number of ether oxygens (including phenoxy) is 1. The molecule has 0 saturated carbocycles. The lowest BCUT2D eigenvalue weighted by Gasteiger charge is -2.12. The topological polar surface area (TPSA) is 55.4 Å². The minimum absolute atomic E-state index is 0.0402. The summed E-state index contributed by atoms with van der Waals surface area (Å²) in [4.78, 5) is 22.9. The third kappa shape index (κ3) is 5.12. The second-order valence-electron chi connectivity index (χ2n) is 4.88. The third-order valence-corrected chi connectivity index (χ3v) is 2.55. The summed E-state index contributed by atoms with van der Waals surface area (Å²) in [7, 11) is 0. The first-order chi connectivity index (χ1) is 8.90. The van der Waals surface area contributed by atoms with E-state index in [1.807, 2.05) is 32.9 Å². The molecule has 0 unspecified atom stereocenters. The van der Waals surface area contributed by atoms with Crippen molar-refractivity contribution in [3.8, 4) is 5.75 Å². The van der Waals surface area contributed by atoms with E-state index in [1.54, 1.807) is 6.07 Å². The van der Waals surface area contributed by atoms with Crippen molar-refractivity contribution in [1.29, 1.82) is 0 Å². The predicted molar refractivity (Wildman–Crippen MR) is 74.6 cm³/mol. The zero-order valence-corrected chi connectivity index (χ0v) is 11.9. The third-order valence-electron chi connectivity index (χ3n) is 2.55. The fourth-order valence-corrected chi connectivity index (χ4v) is 1.69. The maximum Gasteiger partial charge on any atom is 0.223 e. The maximum atomic E-state index is 11.5. The van der Waals surface area contributed by atoms with Crippen molar-refractivity contribution in [3.05, 3.63) is 29.3 Å². The minimum atomic E-state index is -0.0490. The molecule has 1 N–H and O–H groups in total. The number of rotatable bonds is 6. The zero-order valence-electron chi connectivity index (χ0n) is 11.9. The van der Waals surface area contributed by atoms with Gasteiger partial charge in [-0.3, -0.25) is 9.59 Å². The molecule has 1 aromatic carbocycles. The molecule has 0 spiro atoms. The highest BCUT2D eigenvalue weighted by atomic mass is 16.5. The van der Waals surface area contributed by atoms with E-state index in [1.165, 1.54) is 6.92 Å². The average molecular weight is 263 g/mol. The highest BCUT2D eigenvalue weighted by Crippen LogP contribution is 2.21. The van der Waals surface area contributed by atoms with Crippen molar-refractivity contribution in [3.63, 3.8) is 0 Å². The molecule has 0 bridgehead atoms. The van der Waals surface area contributed by atoms with Gasteiger partial charge in [0.2, 0.25) is 5.91 Å². The van der Waals surface area contributed by atoms with Gasteiger partial charge in [-0.1, -0.05) is 6.07 Å². The molecule has 1 aromatic rings. The highest BCUT2D eigenvalue weighted by Gasteiger charge is 2.10. The van der Waals surface area contributed by atoms with Gasteiger partial charge in [-0.25, -0.2) is 0 Å². The fourth-order valence-electron chi connectivity index (χ4n) is 1.69. The number of Topliss-reactive ketones (excluding diaryl/α,β-unsaturated/α-hetero) is 1. The van der Waals surface area contributed by atoms with Crippen molar-refractivity contribution in [1.82, 2.24) is 5.32 Å². The molecule has 4 nitrogen and oxygen atoms in total. The van der Waals surface area contributed by atoms with Crippen LogP contribution in [0, 0.1) is 6.92 Å². The van der Waals surface area contributed by atoms with Crippen LogP contribution in [0.25, 0.3) is 0 Å². The highest BCUT2D eigenvalue weighted by molar-refractivity contribution is 5.96. The van der Waals surface area contributed by atoms with Crippen LogP contribution in [0.4, 0.5) is 0 Å². The Bertz CT molecular complexity index is 466. The van der Waals surface area contributed by atoms with E-state index in [-0.39, 0.29) is 30.8 Å². The summed E-state index contributed by atoms with van der Waals surface area (Å²) in [6.07, 6.45) is 0.281. The first-order valence-electron chi connectivity index (χ1n) is 6.44. The van der Waals surface area contributed by atoms with Crippen LogP contribution < -0.4 is 10.1 Å². The van der Waals surface area contributed by atoms with Crippen LogP contribution in [0.1, 0.15) is 43.1 Å². The van der Waals surface area contributed by atoms with Crippen LogP contribution in [-0.4, -0.2) is 24.3 Å². The Morgan fingerprint density at radius 2 is 2.00 bits per heavy atom. The Labute approximate surface area is 114 Å². The summed E-state index contributed by atoms with van der Waals surface area (Å²) in [5.74, 6) is 0.457. The molecular formula is C15H21NO3. The van der Waals surface area contributed by atoms with Crippen LogP contribution >= 0.6 is 0 Å². The lowest BCUT2D eigenvalue weighted by molar-refractivity contribution is -0.122. The van der Waals surface area contributed by atoms with Crippen molar-refractivity contribution >= 4 is 11.7 Å². The number of benzene rings is 1. The molecule has 19 heavy (non-hydrogen) atoms. The van der Waals surface area contributed by atoms with Gasteiger partial charge in [-0.15, -0.1) is 0 Å². The SMILES string of the molecule is CC(=O)c1ccc(C)cc1OCCC(=O)NC(C)C. The summed E-state index contributed by atoms with van der Waals surface area (Å²) >= 11 is 0. The van der Waals surface area contributed by atoms with Gasteiger partial charge in [0.1, 0.15) is 5.75 Å². The van der Waals surface area contributed by atoms with E-state index >= 15 is 0 Å². The van der Waals surface area contributed by atoms with Crippen molar-refractivity contribution < 1.29 is 14.3 Å². The summed E-state index contributed by atoms with van der Waals surface area (Å²) < 4.78 is 5.55. The normalized spacial score (nSPS) is 10.4. The van der Waals surface area contributed by atoms with Gasteiger partial charge in [0.05, 0.1) is 18.6 Å². The molecule has 0 saturated heterocycles. The molecule has 0 aliphatic carbocycles. The predicted octanol–water partition coefficient (Wildman–Crippen LogP) is 2.49. The number of nitrogens with one attached hydrogen (secondary N) is 1. The number of ketones is 1. The number of hydrogen-bond acceptors (Lipinski definition) is 3. The smallest absolute Gasteiger partial charge is 0.223 e. The number of amides is 1. The molecule has 0 aliphatic heterocycles. The Balaban J connectivity index is 2.60. The number of aryl methyl sites for hydroxylation is 1. The molecule has 0 aliphatic rings. The van der Waals surface area contributed by atoms with E-state index in [9.17, 15) is 9.59 Å². The molecule has 0 atom stereocenters. The van der Waals surface area contributed by atoms with E-state index < -0.39 is 0 Å². The molecule has 0 radical (unpaired) electrons. The Hall–Kier alpha value is -1.84. The molecule has 1 amide bonds. The summed E-state index contributed by atoms with van der Waals surface area (Å²) in [5, 5.41) is 2.79. The van der Waals surface area contributed by atoms with Gasteiger partial charge < -0.3 is 10.1 Å². The Morgan fingerprint density at radius 3 is 2.58 bits per heavy atom. The number of hydrogen-bond donors (Lipinski definition) is 1. The van der Waals surface area contributed by atoms with E-state index in [2.05, 4.69) is 5.32 Å². The summed E-state index contributed by atoms with van der Waals surface area (Å²) in [6, 6.07) is 5.56. The monoisotopic (exact) mass is 263 g/mol. The summed E-state index contributed by atoms with van der Waals surface area (Å²) in [6.45, 7) is 7.52. The number of carbonyl (C=O) groups is 2. The van der Waals surface area contributed by atoms with Crippen LogP contribution in [0.2, 0.25) is 0 Å². The van der Waals surface area contributed by atoms with Gasteiger partial charge in [-0.2, -0.15) is 0 Å². The van der Waals surface area contributed by atoms with E-state index in [0.717, 1.165) is 5.56 Å². The molecule has 104 valence electrons. The van der Waals surface area contributed by atoms with Crippen molar-refractivity contribution in [2.45, 2.75) is 40.2 Å². The van der Waals surface area contributed by atoms with Crippen molar-refractivity contribution in [2.75, 3.05) is 6.61 Å². The van der Waals surface area contributed by atoms with Crippen LogP contribution in [0.3, 0.4) is 0 Å². The maximum absolute atomic E-state index is 11.5. The Kier molecular flexibility index (Phi) is 5.55. The largest absolute Gasteiger partial charge is 0.492 e. The van der Waals surface area contributed by atoms with E-state index in [4.69, 9.17) is 4.74 Å². The van der Waals surface area contributed by atoms with Gasteiger partial charge >= 0.3 is 0 Å². The first-order valence-corrected chi connectivity index (χ1v) is 6.44. The summed E-state index contributed by atoms with van der Waals surface area (Å²) in [5.41, 5.74) is 1.57. The molecule has 4 heteroatoms. The fraction of sp³-hybridized carbons (Fsp3) is 0.467. The van der Waals surface area contributed by atoms with Crippen LogP contribution in [-0.2, 0) is 4.79 Å². The molecular weight excluding hydrogens is 242 g/mol. The van der Waals surface area contributed by atoms with Crippen LogP contribution in [0.5, 0.6) is 5.75 Å². The second-order valence-corrected chi connectivity index (χ2v) is 4.88. The van der Waals surface area contributed by atoms with Gasteiger partial charge in [0, 0.05) is 6.04 Å². The lowest BCUT2D eigenvalue weighted by atomic mass is 10.1. The van der Waals surface area contributed by atoms with Gasteiger partial charge in [0.15, 0.2) is 5.78 Å². The Morgan fingerprint density at radius 1 is 1.32 bits per heavy atom. The van der Waals surface area contributed by atoms with Crippen molar-refractivity contribution in [2.24, 2.45) is 0 Å². The zero-order chi connectivity index (χ0) is 14.4. The quantitative estimate of drug-likeness (QED) is 0.802. The average Bonchev–Trinajstić information content (AvgIpc) is 2.27. The van der Waals surface area contributed by atoms with Crippen LogP contribution in [0.15, 0.2) is 18.2 Å². The molecule has 0 aromatic heterocycles. The standard InChI is InChI=1S/C15H21NO3/c1-10(2)16-15(18)7-8-19-14-9-11(3)5-6-13(14)12(4)17/h5-6,9-10H,7-8H2,1-4H3,(H,16,18). The first kappa shape index (κ1) is 15.2. The second kappa shape index (κ2) is 6.92.